The predicted molar refractivity (Wildman–Crippen MR) is 219 cm³/mol. The van der Waals surface area contributed by atoms with Crippen molar-refractivity contribution in [3.63, 3.8) is 0 Å². The van der Waals surface area contributed by atoms with Crippen LogP contribution in [-0.4, -0.2) is 72.4 Å². The van der Waals surface area contributed by atoms with Gasteiger partial charge in [0.15, 0.2) is 5.78 Å². The molecule has 57 heavy (non-hydrogen) atoms. The molecule has 0 spiro atoms. The third-order valence-electron chi connectivity index (χ3n) is 9.96. The average molecular weight is 775 g/mol. The molecule has 11 nitrogen and oxygen atoms in total. The predicted octanol–water partition coefficient (Wildman–Crippen LogP) is 6.74. The van der Waals surface area contributed by atoms with Crippen LogP contribution in [0, 0.1) is 0 Å². The van der Waals surface area contributed by atoms with E-state index in [-0.39, 0.29) is 48.8 Å². The van der Waals surface area contributed by atoms with E-state index in [1.807, 2.05) is 84.9 Å². The molecule has 0 saturated carbocycles. The summed E-state index contributed by atoms with van der Waals surface area (Å²) in [5.41, 5.74) is 3.82. The van der Waals surface area contributed by atoms with Gasteiger partial charge in [-0.3, -0.25) is 19.2 Å². The number of Topliss-reactive ketones (excluding diaryl/α,β-unsaturated/α-hetero) is 1. The van der Waals surface area contributed by atoms with Crippen LogP contribution in [-0.2, 0) is 32.1 Å². The quantitative estimate of drug-likeness (QED) is 0.0797. The van der Waals surface area contributed by atoms with Crippen LogP contribution in [0.25, 0.3) is 0 Å². The number of carbonyl (C=O) groups excluding carboxylic acids is 5. The van der Waals surface area contributed by atoms with Crippen molar-refractivity contribution in [2.45, 2.75) is 89.4 Å². The van der Waals surface area contributed by atoms with Crippen molar-refractivity contribution in [1.82, 2.24) is 20.9 Å². The van der Waals surface area contributed by atoms with Gasteiger partial charge in [0.1, 0.15) is 23.4 Å². The molecule has 4 amide bonds. The first-order valence-corrected chi connectivity index (χ1v) is 19.6. The summed E-state index contributed by atoms with van der Waals surface area (Å²) in [4.78, 5) is 68.3. The van der Waals surface area contributed by atoms with E-state index in [1.54, 1.807) is 57.0 Å². The largest absolute Gasteiger partial charge is 0.497 e. The van der Waals surface area contributed by atoms with E-state index in [1.165, 1.54) is 0 Å². The monoisotopic (exact) mass is 774 g/mol. The summed E-state index contributed by atoms with van der Waals surface area (Å²) in [6.07, 6.45) is 1.01. The zero-order chi connectivity index (χ0) is 40.8. The van der Waals surface area contributed by atoms with Gasteiger partial charge in [0.05, 0.1) is 7.11 Å². The highest BCUT2D eigenvalue weighted by molar-refractivity contribution is 5.98. The topological polar surface area (TPSA) is 143 Å². The Bertz CT molecular complexity index is 1920. The van der Waals surface area contributed by atoms with Gasteiger partial charge in [-0.1, -0.05) is 84.9 Å². The van der Waals surface area contributed by atoms with E-state index in [0.717, 1.165) is 22.3 Å². The van der Waals surface area contributed by atoms with Gasteiger partial charge in [-0.2, -0.15) is 0 Å². The minimum absolute atomic E-state index is 0.0168. The van der Waals surface area contributed by atoms with Crippen molar-refractivity contribution >= 4 is 29.6 Å². The van der Waals surface area contributed by atoms with Crippen LogP contribution in [0.1, 0.15) is 91.4 Å². The number of benzene rings is 4. The zero-order valence-corrected chi connectivity index (χ0v) is 33.3. The number of methoxy groups -OCH3 is 1. The van der Waals surface area contributed by atoms with Crippen LogP contribution < -0.4 is 20.7 Å². The van der Waals surface area contributed by atoms with E-state index >= 15 is 0 Å². The van der Waals surface area contributed by atoms with Gasteiger partial charge in [0.2, 0.25) is 17.7 Å². The molecule has 2 atom stereocenters. The Morgan fingerprint density at radius 2 is 1.37 bits per heavy atom. The average Bonchev–Trinajstić information content (AvgIpc) is 3.21. The van der Waals surface area contributed by atoms with Crippen LogP contribution in [0.4, 0.5) is 4.79 Å². The Labute approximate surface area is 335 Å². The van der Waals surface area contributed by atoms with Crippen molar-refractivity contribution in [3.05, 3.63) is 137 Å². The number of fused-ring (bicyclic) bond motifs is 1. The number of ether oxygens (including phenoxy) is 2. The first-order chi connectivity index (χ1) is 27.4. The molecule has 300 valence electrons. The Hall–Kier alpha value is -5.97. The lowest BCUT2D eigenvalue weighted by atomic mass is 9.91. The number of rotatable bonds is 17. The van der Waals surface area contributed by atoms with Crippen molar-refractivity contribution in [2.24, 2.45) is 0 Å². The minimum atomic E-state index is -0.869. The summed E-state index contributed by atoms with van der Waals surface area (Å²) in [5.74, 6) is -0.505. The Kier molecular flexibility index (Phi) is 15.0. The maximum absolute atomic E-state index is 13.7. The molecule has 5 rings (SSSR count). The highest BCUT2D eigenvalue weighted by Crippen LogP contribution is 2.26. The van der Waals surface area contributed by atoms with Crippen molar-refractivity contribution in [3.8, 4) is 5.75 Å². The molecule has 4 aromatic rings. The molecule has 0 aliphatic carbocycles. The molecular formula is C46H54N4O7. The third kappa shape index (κ3) is 12.5. The lowest BCUT2D eigenvalue weighted by Crippen LogP contribution is -2.52. The van der Waals surface area contributed by atoms with Crippen molar-refractivity contribution in [2.75, 3.05) is 20.2 Å². The summed E-state index contributed by atoms with van der Waals surface area (Å²) in [6, 6.07) is 32.8. The first-order valence-electron chi connectivity index (χ1n) is 19.6. The molecule has 2 unspecified atom stereocenters. The first kappa shape index (κ1) is 42.2. The molecule has 0 fully saturated rings. The second-order valence-electron chi connectivity index (χ2n) is 15.3. The van der Waals surface area contributed by atoms with Crippen LogP contribution in [0.15, 0.2) is 109 Å². The van der Waals surface area contributed by atoms with E-state index in [0.29, 0.717) is 50.1 Å². The van der Waals surface area contributed by atoms with Gasteiger partial charge in [0.25, 0.3) is 0 Å². The Morgan fingerprint density at radius 1 is 0.754 bits per heavy atom. The van der Waals surface area contributed by atoms with Gasteiger partial charge in [-0.25, -0.2) is 4.79 Å². The summed E-state index contributed by atoms with van der Waals surface area (Å²) in [5, 5.41) is 8.82. The smallest absolute Gasteiger partial charge is 0.408 e. The summed E-state index contributed by atoms with van der Waals surface area (Å²) < 4.78 is 10.7. The van der Waals surface area contributed by atoms with E-state index in [2.05, 4.69) is 16.0 Å². The van der Waals surface area contributed by atoms with E-state index in [9.17, 15) is 24.0 Å². The van der Waals surface area contributed by atoms with Crippen LogP contribution in [0.2, 0.25) is 0 Å². The molecule has 0 saturated heterocycles. The second-order valence-corrected chi connectivity index (χ2v) is 15.3. The number of nitrogens with one attached hydrogen (secondary N) is 3. The summed E-state index contributed by atoms with van der Waals surface area (Å²) in [7, 11) is 1.55. The molecule has 11 heteroatoms. The number of alkyl carbamates (subject to hydrolysis) is 1. The molecule has 0 bridgehead atoms. The standard InChI is InChI=1S/C46H54N4O7/c1-46(2,3)57-45(55)49-39(43(53)48-30-38(32-15-7-5-8-16-32)33-17-9-6-10-18-33)21-13-14-28-47-44(54)40-29-35-19-11-12-20-36(35)31-50(40)42(52)27-26-41(51)34-22-24-37(56-4)25-23-34/h5-12,15-20,22-25,38-40H,13-14,21,26-31H2,1-4H3,(H,47,54)(H,48,53)(H,49,55). The van der Waals surface area contributed by atoms with Gasteiger partial charge in [-0.05, 0) is 86.6 Å². The number of nitrogens with zero attached hydrogens (tertiary/aromatic N) is 1. The van der Waals surface area contributed by atoms with Gasteiger partial charge < -0.3 is 30.3 Å². The molecule has 1 aliphatic rings. The number of hydrogen-bond acceptors (Lipinski definition) is 7. The van der Waals surface area contributed by atoms with Gasteiger partial charge in [-0.15, -0.1) is 0 Å². The highest BCUT2D eigenvalue weighted by atomic mass is 16.6. The molecule has 3 N–H and O–H groups in total. The van der Waals surface area contributed by atoms with E-state index in [4.69, 9.17) is 9.47 Å². The Morgan fingerprint density at radius 3 is 1.98 bits per heavy atom. The van der Waals surface area contributed by atoms with E-state index < -0.39 is 23.8 Å². The van der Waals surface area contributed by atoms with Crippen LogP contribution >= 0.6 is 0 Å². The maximum atomic E-state index is 13.7. The SMILES string of the molecule is COc1ccc(C(=O)CCC(=O)N2Cc3ccccc3CC2C(=O)NCCCCC(NC(=O)OC(C)(C)C)C(=O)NCC(c2ccccc2)c2ccccc2)cc1. The number of hydrogen-bond donors (Lipinski definition) is 3. The van der Waals surface area contributed by atoms with Crippen LogP contribution in [0.5, 0.6) is 5.75 Å². The van der Waals surface area contributed by atoms with Crippen LogP contribution in [0.3, 0.4) is 0 Å². The molecule has 4 aromatic carbocycles. The highest BCUT2D eigenvalue weighted by Gasteiger charge is 2.34. The molecule has 1 aliphatic heterocycles. The zero-order valence-electron chi connectivity index (χ0n) is 33.3. The summed E-state index contributed by atoms with van der Waals surface area (Å²) >= 11 is 0. The number of carbonyl (C=O) groups is 5. The fraction of sp³-hybridized carbons (Fsp3) is 0.370. The van der Waals surface area contributed by atoms with Gasteiger partial charge >= 0.3 is 6.09 Å². The lowest BCUT2D eigenvalue weighted by molar-refractivity contribution is -0.141. The van der Waals surface area contributed by atoms with Crippen molar-refractivity contribution in [1.29, 1.82) is 0 Å². The summed E-state index contributed by atoms with van der Waals surface area (Å²) in [6.45, 7) is 6.18. The molecule has 0 radical (unpaired) electrons. The fourth-order valence-electron chi connectivity index (χ4n) is 6.95. The number of unbranched alkanes of at least 4 members (excludes halogenated alkanes) is 1. The Balaban J connectivity index is 1.18. The van der Waals surface area contributed by atoms with Crippen molar-refractivity contribution < 1.29 is 33.4 Å². The minimum Gasteiger partial charge on any atom is -0.497 e. The fourth-order valence-corrected chi connectivity index (χ4v) is 6.95. The normalized spacial score (nSPS) is 14.2. The molecule has 0 aromatic heterocycles. The van der Waals surface area contributed by atoms with Gasteiger partial charge in [0, 0.05) is 50.4 Å². The molecule has 1 heterocycles. The third-order valence-corrected chi connectivity index (χ3v) is 9.96. The second kappa shape index (κ2) is 20.3. The maximum Gasteiger partial charge on any atom is 0.408 e. The molecular weight excluding hydrogens is 721 g/mol. The number of ketones is 1. The number of amides is 4. The lowest BCUT2D eigenvalue weighted by Gasteiger charge is -2.36.